The Balaban J connectivity index is 2.21. The number of nitrogens with one attached hydrogen (secondary N) is 1. The van der Waals surface area contributed by atoms with Gasteiger partial charge in [-0.1, -0.05) is 17.4 Å². The molecule has 7 nitrogen and oxygen atoms in total. The van der Waals surface area contributed by atoms with Gasteiger partial charge >= 0.3 is 0 Å². The molecule has 22 heavy (non-hydrogen) atoms. The zero-order chi connectivity index (χ0) is 16.1. The van der Waals surface area contributed by atoms with E-state index in [2.05, 4.69) is 15.5 Å². The van der Waals surface area contributed by atoms with Crippen molar-refractivity contribution in [2.24, 2.45) is 0 Å². The van der Waals surface area contributed by atoms with Gasteiger partial charge in [-0.05, 0) is 19.1 Å². The van der Waals surface area contributed by atoms with Crippen LogP contribution in [-0.4, -0.2) is 37.4 Å². The lowest BCUT2D eigenvalue weighted by molar-refractivity contribution is 0.102. The first-order valence-corrected chi connectivity index (χ1v) is 7.30. The number of benzene rings is 1. The zero-order valence-corrected chi connectivity index (χ0v) is 13.6. The van der Waals surface area contributed by atoms with Gasteiger partial charge in [0, 0.05) is 7.11 Å². The second-order valence-electron chi connectivity index (χ2n) is 4.32. The largest absolute Gasteiger partial charge is 0.493 e. The van der Waals surface area contributed by atoms with E-state index in [1.165, 1.54) is 25.6 Å². The van der Waals surface area contributed by atoms with Crippen molar-refractivity contribution >= 4 is 22.4 Å². The van der Waals surface area contributed by atoms with E-state index in [9.17, 15) is 4.79 Å². The van der Waals surface area contributed by atoms with Gasteiger partial charge in [-0.15, -0.1) is 10.2 Å². The lowest BCUT2D eigenvalue weighted by Crippen LogP contribution is -2.13. The van der Waals surface area contributed by atoms with Crippen molar-refractivity contribution in [3.8, 4) is 11.5 Å². The minimum atomic E-state index is -0.344. The molecule has 0 radical (unpaired) electrons. The molecule has 118 valence electrons. The molecule has 1 amide bonds. The molecule has 0 fully saturated rings. The number of nitrogens with zero attached hydrogens (tertiary/aromatic N) is 2. The zero-order valence-electron chi connectivity index (χ0n) is 12.7. The van der Waals surface area contributed by atoms with E-state index in [0.29, 0.717) is 27.2 Å². The molecule has 1 atom stereocenters. The molecule has 0 bridgehead atoms. The van der Waals surface area contributed by atoms with Gasteiger partial charge in [-0.25, -0.2) is 0 Å². The Bertz CT molecular complexity index is 659. The molecule has 0 saturated heterocycles. The Hall–Kier alpha value is -2.19. The second-order valence-corrected chi connectivity index (χ2v) is 5.33. The lowest BCUT2D eigenvalue weighted by Gasteiger charge is -2.11. The van der Waals surface area contributed by atoms with Gasteiger partial charge in [0.05, 0.1) is 19.8 Å². The molecule has 0 saturated carbocycles. The highest BCUT2D eigenvalue weighted by Gasteiger charge is 2.18. The number of para-hydroxylation sites is 1. The molecule has 1 heterocycles. The Morgan fingerprint density at radius 3 is 2.64 bits per heavy atom. The van der Waals surface area contributed by atoms with Gasteiger partial charge in [0.15, 0.2) is 11.5 Å². The van der Waals surface area contributed by atoms with E-state index in [1.807, 2.05) is 6.92 Å². The fraction of sp³-hybridized carbons (Fsp3) is 0.357. The summed E-state index contributed by atoms with van der Waals surface area (Å²) in [5.41, 5.74) is 0.360. The molecule has 0 aliphatic heterocycles. The highest BCUT2D eigenvalue weighted by Crippen LogP contribution is 2.31. The quantitative estimate of drug-likeness (QED) is 0.879. The molecule has 1 aromatic heterocycles. The fourth-order valence-corrected chi connectivity index (χ4v) is 2.55. The SMILES string of the molecule is COc1cccc(C(=O)Nc2nnc(C(C)OC)s2)c1OC. The van der Waals surface area contributed by atoms with Gasteiger partial charge in [-0.3, -0.25) is 10.1 Å². The molecule has 1 N–H and O–H groups in total. The second kappa shape index (κ2) is 7.19. The number of aromatic nitrogens is 2. The van der Waals surface area contributed by atoms with Crippen LogP contribution in [0.1, 0.15) is 28.4 Å². The smallest absolute Gasteiger partial charge is 0.261 e. The molecule has 2 rings (SSSR count). The van der Waals surface area contributed by atoms with E-state index in [4.69, 9.17) is 14.2 Å². The van der Waals surface area contributed by atoms with Crippen LogP contribution in [-0.2, 0) is 4.74 Å². The predicted molar refractivity (Wildman–Crippen MR) is 82.8 cm³/mol. The summed E-state index contributed by atoms with van der Waals surface area (Å²) < 4.78 is 15.6. The number of hydrogen-bond donors (Lipinski definition) is 1. The van der Waals surface area contributed by atoms with Gasteiger partial charge < -0.3 is 14.2 Å². The average Bonchev–Trinajstić information content (AvgIpc) is 3.01. The van der Waals surface area contributed by atoms with Crippen LogP contribution in [0.2, 0.25) is 0 Å². The van der Waals surface area contributed by atoms with Crippen molar-refractivity contribution in [2.45, 2.75) is 13.0 Å². The summed E-state index contributed by atoms with van der Waals surface area (Å²) in [5.74, 6) is 0.516. The molecule has 1 aromatic carbocycles. The third-order valence-corrected chi connectivity index (χ3v) is 4.01. The van der Waals surface area contributed by atoms with E-state index in [1.54, 1.807) is 25.3 Å². The predicted octanol–water partition coefficient (Wildman–Crippen LogP) is 2.52. The number of anilines is 1. The summed E-state index contributed by atoms with van der Waals surface area (Å²) in [6, 6.07) is 5.09. The van der Waals surface area contributed by atoms with Crippen LogP contribution in [0, 0.1) is 0 Å². The van der Waals surface area contributed by atoms with E-state index in [-0.39, 0.29) is 12.0 Å². The summed E-state index contributed by atoms with van der Waals surface area (Å²) in [5, 5.41) is 11.7. The number of amides is 1. The minimum absolute atomic E-state index is 0.172. The molecule has 0 aliphatic rings. The van der Waals surface area contributed by atoms with Crippen molar-refractivity contribution in [2.75, 3.05) is 26.6 Å². The topological polar surface area (TPSA) is 82.6 Å². The molecule has 0 spiro atoms. The number of carbonyl (C=O) groups is 1. The first kappa shape index (κ1) is 16.2. The van der Waals surface area contributed by atoms with Gasteiger partial charge in [0.2, 0.25) is 5.13 Å². The van der Waals surface area contributed by atoms with Gasteiger partial charge in [-0.2, -0.15) is 0 Å². The van der Waals surface area contributed by atoms with Crippen LogP contribution < -0.4 is 14.8 Å². The molecule has 1 unspecified atom stereocenters. The van der Waals surface area contributed by atoms with Crippen LogP contribution >= 0.6 is 11.3 Å². The van der Waals surface area contributed by atoms with Crippen molar-refractivity contribution in [3.05, 3.63) is 28.8 Å². The highest BCUT2D eigenvalue weighted by molar-refractivity contribution is 7.15. The van der Waals surface area contributed by atoms with Crippen LogP contribution in [0.3, 0.4) is 0 Å². The third-order valence-electron chi connectivity index (χ3n) is 3.01. The Kier molecular flexibility index (Phi) is 5.29. The Morgan fingerprint density at radius 2 is 2.00 bits per heavy atom. The monoisotopic (exact) mass is 323 g/mol. The number of rotatable bonds is 6. The highest BCUT2D eigenvalue weighted by atomic mass is 32.1. The lowest BCUT2D eigenvalue weighted by atomic mass is 10.1. The van der Waals surface area contributed by atoms with Crippen LogP contribution in [0.4, 0.5) is 5.13 Å². The van der Waals surface area contributed by atoms with Crippen molar-refractivity contribution < 1.29 is 19.0 Å². The van der Waals surface area contributed by atoms with Crippen molar-refractivity contribution in [1.29, 1.82) is 0 Å². The number of ether oxygens (including phenoxy) is 3. The van der Waals surface area contributed by atoms with Crippen molar-refractivity contribution in [3.63, 3.8) is 0 Å². The molecule has 2 aromatic rings. The fourth-order valence-electron chi connectivity index (χ4n) is 1.78. The summed E-state index contributed by atoms with van der Waals surface area (Å²) in [4.78, 5) is 12.4. The maximum Gasteiger partial charge on any atom is 0.261 e. The molecular formula is C14H17N3O4S. The summed E-state index contributed by atoms with van der Waals surface area (Å²) >= 11 is 1.26. The number of carbonyl (C=O) groups excluding carboxylic acids is 1. The maximum atomic E-state index is 12.4. The molecule has 0 aliphatic carbocycles. The van der Waals surface area contributed by atoms with Crippen LogP contribution in [0.15, 0.2) is 18.2 Å². The maximum absolute atomic E-state index is 12.4. The number of hydrogen-bond acceptors (Lipinski definition) is 7. The van der Waals surface area contributed by atoms with Gasteiger partial charge in [0.25, 0.3) is 5.91 Å². The minimum Gasteiger partial charge on any atom is -0.493 e. The number of methoxy groups -OCH3 is 3. The summed E-state index contributed by atoms with van der Waals surface area (Å²) in [6.45, 7) is 1.86. The molecular weight excluding hydrogens is 306 g/mol. The Morgan fingerprint density at radius 1 is 1.23 bits per heavy atom. The normalized spacial score (nSPS) is 11.8. The standard InChI is InChI=1S/C14H17N3O4S/c1-8(19-2)13-16-17-14(22-13)15-12(18)9-6-5-7-10(20-3)11(9)21-4/h5-8H,1-4H3,(H,15,17,18). The van der Waals surface area contributed by atoms with Gasteiger partial charge in [0.1, 0.15) is 11.1 Å². The average molecular weight is 323 g/mol. The van der Waals surface area contributed by atoms with Crippen LogP contribution in [0.5, 0.6) is 11.5 Å². The van der Waals surface area contributed by atoms with E-state index >= 15 is 0 Å². The first-order valence-electron chi connectivity index (χ1n) is 6.49. The van der Waals surface area contributed by atoms with Crippen molar-refractivity contribution in [1.82, 2.24) is 10.2 Å². The van der Waals surface area contributed by atoms with E-state index < -0.39 is 0 Å². The molecule has 8 heteroatoms. The van der Waals surface area contributed by atoms with Crippen LogP contribution in [0.25, 0.3) is 0 Å². The first-order chi connectivity index (χ1) is 10.6. The Labute approximate surface area is 132 Å². The van der Waals surface area contributed by atoms with E-state index in [0.717, 1.165) is 0 Å². The third kappa shape index (κ3) is 3.34. The summed E-state index contributed by atoms with van der Waals surface area (Å²) in [7, 11) is 4.59. The summed E-state index contributed by atoms with van der Waals surface area (Å²) in [6.07, 6.45) is -0.172.